The lowest BCUT2D eigenvalue weighted by atomic mass is 10.1. The number of rotatable bonds is 14. The number of nitriles is 1. The van der Waals surface area contributed by atoms with Crippen LogP contribution in [-0.4, -0.2) is 26.6 Å². The van der Waals surface area contributed by atoms with Crippen molar-refractivity contribution in [1.29, 1.82) is 5.26 Å². The van der Waals surface area contributed by atoms with Gasteiger partial charge in [-0.2, -0.15) is 5.26 Å². The number of hydrogen-bond acceptors (Lipinski definition) is 4. The standard InChI is InChI=1S/C26H37N3O3S/c1-6-9-10-11-17-29(22(5)30)26-16-15-25(18-24(26)12-7-2)28-33(31,32)20-21(4)13-14-23(8-3)19-27/h8,13-16,18,28H,3,6-7,9-12,17,20H2,1-2,4-5H3. The van der Waals surface area contributed by atoms with Crippen molar-refractivity contribution in [3.05, 3.63) is 59.7 Å². The van der Waals surface area contributed by atoms with E-state index in [2.05, 4.69) is 25.1 Å². The highest BCUT2D eigenvalue weighted by Crippen LogP contribution is 2.27. The van der Waals surface area contributed by atoms with Gasteiger partial charge in [0.15, 0.2) is 0 Å². The van der Waals surface area contributed by atoms with Crippen molar-refractivity contribution >= 4 is 27.3 Å². The molecular weight excluding hydrogens is 434 g/mol. The summed E-state index contributed by atoms with van der Waals surface area (Å²) in [5.74, 6) is -0.205. The molecule has 6 nitrogen and oxygen atoms in total. The van der Waals surface area contributed by atoms with Gasteiger partial charge in [-0.25, -0.2) is 8.42 Å². The van der Waals surface area contributed by atoms with Crippen molar-refractivity contribution in [3.8, 4) is 6.07 Å². The third kappa shape index (κ3) is 10.1. The van der Waals surface area contributed by atoms with E-state index in [1.807, 2.05) is 18.2 Å². The molecule has 0 atom stereocenters. The van der Waals surface area contributed by atoms with E-state index >= 15 is 0 Å². The molecule has 0 fully saturated rings. The Labute approximate surface area is 199 Å². The number of aryl methyl sites for hydroxylation is 1. The van der Waals surface area contributed by atoms with Crippen LogP contribution < -0.4 is 9.62 Å². The van der Waals surface area contributed by atoms with E-state index in [1.54, 1.807) is 37.0 Å². The summed E-state index contributed by atoms with van der Waals surface area (Å²) in [6, 6.07) is 7.34. The summed E-state index contributed by atoms with van der Waals surface area (Å²) in [5.41, 5.74) is 3.23. The third-order valence-electron chi connectivity index (χ3n) is 5.09. The number of unbranched alkanes of at least 4 members (excludes halogenated alkanes) is 3. The highest BCUT2D eigenvalue weighted by molar-refractivity contribution is 7.92. The fourth-order valence-corrected chi connectivity index (χ4v) is 4.73. The monoisotopic (exact) mass is 471 g/mol. The van der Waals surface area contributed by atoms with Crippen LogP contribution in [-0.2, 0) is 21.2 Å². The minimum Gasteiger partial charge on any atom is -0.312 e. The quantitative estimate of drug-likeness (QED) is 0.208. The van der Waals surface area contributed by atoms with Gasteiger partial charge >= 0.3 is 0 Å². The number of nitrogens with zero attached hydrogens (tertiary/aromatic N) is 2. The van der Waals surface area contributed by atoms with Crippen molar-refractivity contribution in [2.45, 2.75) is 66.2 Å². The van der Waals surface area contributed by atoms with Crippen LogP contribution in [0.15, 0.2) is 54.2 Å². The number of benzene rings is 1. The normalized spacial score (nSPS) is 12.2. The van der Waals surface area contributed by atoms with Gasteiger partial charge in [0.2, 0.25) is 15.9 Å². The number of carbonyl (C=O) groups excluding carboxylic acids is 1. The molecule has 0 radical (unpaired) electrons. The molecule has 1 amide bonds. The summed E-state index contributed by atoms with van der Waals surface area (Å²) in [6.07, 6.45) is 10.5. The molecule has 0 aliphatic heterocycles. The number of carbonyl (C=O) groups is 1. The van der Waals surface area contributed by atoms with E-state index in [0.29, 0.717) is 23.4 Å². The van der Waals surface area contributed by atoms with Gasteiger partial charge in [-0.15, -0.1) is 0 Å². The van der Waals surface area contributed by atoms with Gasteiger partial charge < -0.3 is 4.90 Å². The molecule has 1 aromatic rings. The van der Waals surface area contributed by atoms with Crippen LogP contribution >= 0.6 is 0 Å². The molecule has 0 unspecified atom stereocenters. The molecule has 33 heavy (non-hydrogen) atoms. The summed E-state index contributed by atoms with van der Waals surface area (Å²) >= 11 is 0. The van der Waals surface area contributed by atoms with Crippen LogP contribution in [0.25, 0.3) is 0 Å². The molecule has 0 aliphatic rings. The molecule has 1 aromatic carbocycles. The predicted molar refractivity (Wildman–Crippen MR) is 138 cm³/mol. The van der Waals surface area contributed by atoms with Gasteiger partial charge in [-0.1, -0.05) is 63.8 Å². The zero-order valence-corrected chi connectivity index (χ0v) is 21.2. The predicted octanol–water partition coefficient (Wildman–Crippen LogP) is 5.90. The van der Waals surface area contributed by atoms with Gasteiger partial charge in [0.05, 0.1) is 17.4 Å². The number of nitrogens with one attached hydrogen (secondary N) is 1. The average Bonchev–Trinajstić information content (AvgIpc) is 2.74. The van der Waals surface area contributed by atoms with Gasteiger partial charge in [-0.05, 0) is 49.6 Å². The van der Waals surface area contributed by atoms with Gasteiger partial charge in [-0.3, -0.25) is 9.52 Å². The van der Waals surface area contributed by atoms with Crippen LogP contribution in [0.1, 0.15) is 65.4 Å². The maximum atomic E-state index is 12.7. The second-order valence-corrected chi connectivity index (χ2v) is 9.86. The lowest BCUT2D eigenvalue weighted by molar-refractivity contribution is -0.116. The summed E-state index contributed by atoms with van der Waals surface area (Å²) in [7, 11) is -3.63. The van der Waals surface area contributed by atoms with Crippen molar-refractivity contribution in [1.82, 2.24) is 0 Å². The van der Waals surface area contributed by atoms with E-state index in [4.69, 9.17) is 5.26 Å². The molecule has 0 saturated carbocycles. The highest BCUT2D eigenvalue weighted by atomic mass is 32.2. The summed E-state index contributed by atoms with van der Waals surface area (Å²) in [6.45, 7) is 11.7. The van der Waals surface area contributed by atoms with Gasteiger partial charge in [0, 0.05) is 24.8 Å². The van der Waals surface area contributed by atoms with Crippen molar-refractivity contribution < 1.29 is 13.2 Å². The molecule has 0 aromatic heterocycles. The van der Waals surface area contributed by atoms with Crippen LogP contribution in [0.5, 0.6) is 0 Å². The lowest BCUT2D eigenvalue weighted by Gasteiger charge is -2.25. The van der Waals surface area contributed by atoms with Crippen molar-refractivity contribution in [2.24, 2.45) is 0 Å². The Bertz CT molecular complexity index is 1020. The second kappa shape index (κ2) is 14.3. The topological polar surface area (TPSA) is 90.3 Å². The first-order chi connectivity index (χ1) is 15.7. The first-order valence-electron chi connectivity index (χ1n) is 11.5. The Hall–Kier alpha value is -2.85. The number of anilines is 2. The van der Waals surface area contributed by atoms with E-state index in [1.165, 1.54) is 6.08 Å². The van der Waals surface area contributed by atoms with Crippen LogP contribution in [0.3, 0.4) is 0 Å². The molecule has 0 heterocycles. The van der Waals surface area contributed by atoms with E-state index in [9.17, 15) is 13.2 Å². The van der Waals surface area contributed by atoms with Gasteiger partial charge in [0.1, 0.15) is 0 Å². The molecule has 180 valence electrons. The minimum atomic E-state index is -3.63. The molecule has 1 rings (SSSR count). The summed E-state index contributed by atoms with van der Waals surface area (Å²) < 4.78 is 28.0. The molecule has 0 saturated heterocycles. The zero-order chi connectivity index (χ0) is 24.9. The first kappa shape index (κ1) is 28.2. The zero-order valence-electron chi connectivity index (χ0n) is 20.4. The maximum absolute atomic E-state index is 12.7. The SMILES string of the molecule is C=CC(C#N)=CC=C(C)CS(=O)(=O)Nc1ccc(N(CCCCCC)C(C)=O)c(CCC)c1. The second-order valence-electron chi connectivity index (χ2n) is 8.14. The molecule has 0 spiro atoms. The molecular formula is C26H37N3O3S. The third-order valence-corrected chi connectivity index (χ3v) is 6.47. The number of sulfonamides is 1. The van der Waals surface area contributed by atoms with E-state index in [-0.39, 0.29) is 11.7 Å². The summed E-state index contributed by atoms with van der Waals surface area (Å²) in [4.78, 5) is 14.1. The van der Waals surface area contributed by atoms with E-state index < -0.39 is 10.0 Å². The smallest absolute Gasteiger partial charge is 0.236 e. The van der Waals surface area contributed by atoms with Gasteiger partial charge in [0.25, 0.3) is 0 Å². The van der Waals surface area contributed by atoms with Crippen molar-refractivity contribution in [2.75, 3.05) is 21.9 Å². The highest BCUT2D eigenvalue weighted by Gasteiger charge is 2.17. The molecule has 0 bridgehead atoms. The number of amides is 1. The fourth-order valence-electron chi connectivity index (χ4n) is 3.47. The Morgan fingerprint density at radius 1 is 1.15 bits per heavy atom. The lowest BCUT2D eigenvalue weighted by Crippen LogP contribution is -2.30. The van der Waals surface area contributed by atoms with Crippen LogP contribution in [0.2, 0.25) is 0 Å². The Kier molecular flexibility index (Phi) is 12.2. The Balaban J connectivity index is 3.08. The Morgan fingerprint density at radius 3 is 2.45 bits per heavy atom. The fraction of sp³-hybridized carbons (Fsp3) is 0.462. The number of hydrogen-bond donors (Lipinski definition) is 1. The van der Waals surface area contributed by atoms with Crippen molar-refractivity contribution in [3.63, 3.8) is 0 Å². The summed E-state index contributed by atoms with van der Waals surface area (Å²) in [5, 5.41) is 8.93. The Morgan fingerprint density at radius 2 is 1.88 bits per heavy atom. The largest absolute Gasteiger partial charge is 0.312 e. The van der Waals surface area contributed by atoms with Crippen LogP contribution in [0, 0.1) is 11.3 Å². The molecule has 7 heteroatoms. The van der Waals surface area contributed by atoms with Crippen LogP contribution in [0.4, 0.5) is 11.4 Å². The minimum absolute atomic E-state index is 0.0118. The first-order valence-corrected chi connectivity index (χ1v) is 13.1. The molecule has 1 N–H and O–H groups in total. The molecule has 0 aliphatic carbocycles. The van der Waals surface area contributed by atoms with E-state index in [0.717, 1.165) is 49.8 Å². The number of allylic oxidation sites excluding steroid dienone is 4. The maximum Gasteiger partial charge on any atom is 0.236 e. The average molecular weight is 472 g/mol.